The molecule has 0 unspecified atom stereocenters. The molecular formula is C24H16F6N2OS. The minimum Gasteiger partial charge on any atom is -0.406 e. The van der Waals surface area contributed by atoms with Gasteiger partial charge in [-0.25, -0.2) is 4.98 Å². The van der Waals surface area contributed by atoms with Gasteiger partial charge in [-0.15, -0.1) is 13.2 Å². The van der Waals surface area contributed by atoms with Crippen LogP contribution in [0.2, 0.25) is 0 Å². The molecule has 1 heterocycles. The third-order valence-electron chi connectivity index (χ3n) is 4.72. The quantitative estimate of drug-likeness (QED) is 0.203. The first-order valence-electron chi connectivity index (χ1n) is 9.88. The number of hydrogen-bond donors (Lipinski definition) is 0. The van der Waals surface area contributed by atoms with E-state index in [0.29, 0.717) is 27.9 Å². The summed E-state index contributed by atoms with van der Waals surface area (Å²) < 4.78 is 82.1. The molecule has 0 aliphatic rings. The molecule has 0 aliphatic carbocycles. The maximum absolute atomic E-state index is 12.8. The number of ether oxygens (including phenoxy) is 1. The zero-order valence-electron chi connectivity index (χ0n) is 17.3. The molecule has 0 saturated carbocycles. The Morgan fingerprint density at radius 3 is 2.18 bits per heavy atom. The smallest absolute Gasteiger partial charge is 0.406 e. The van der Waals surface area contributed by atoms with Crippen molar-refractivity contribution in [2.24, 2.45) is 0 Å². The van der Waals surface area contributed by atoms with Crippen LogP contribution in [0.3, 0.4) is 0 Å². The van der Waals surface area contributed by atoms with E-state index in [1.165, 1.54) is 42.1 Å². The third kappa shape index (κ3) is 5.93. The van der Waals surface area contributed by atoms with E-state index in [9.17, 15) is 26.3 Å². The summed E-state index contributed by atoms with van der Waals surface area (Å²) in [6.07, 6.45) is -7.56. The second-order valence-corrected chi connectivity index (χ2v) is 8.12. The molecule has 176 valence electrons. The average molecular weight is 494 g/mol. The molecule has 4 aromatic rings. The summed E-state index contributed by atoms with van der Waals surface area (Å²) in [7, 11) is 0. The second kappa shape index (κ2) is 9.46. The van der Waals surface area contributed by atoms with Crippen LogP contribution >= 0.6 is 11.8 Å². The summed E-state index contributed by atoms with van der Waals surface area (Å²) >= 11 is 1.25. The van der Waals surface area contributed by atoms with Gasteiger partial charge >= 0.3 is 12.5 Å². The zero-order chi connectivity index (χ0) is 24.3. The standard InChI is InChI=1S/C24H16F6N2OS/c25-23(26,27)18-11-9-16(10-12-18)15-34-22-31-21(17-5-2-1-3-6-17)14-32(22)19-7-4-8-20(13-19)33-24(28,29)30/h1-14H,15H2. The van der Waals surface area contributed by atoms with Gasteiger partial charge in [-0.05, 0) is 29.8 Å². The Morgan fingerprint density at radius 2 is 1.53 bits per heavy atom. The van der Waals surface area contributed by atoms with Crippen molar-refractivity contribution >= 4 is 11.8 Å². The van der Waals surface area contributed by atoms with E-state index in [1.54, 1.807) is 16.8 Å². The van der Waals surface area contributed by atoms with Crippen molar-refractivity contribution < 1.29 is 31.1 Å². The number of thioether (sulfide) groups is 1. The highest BCUT2D eigenvalue weighted by molar-refractivity contribution is 7.98. The second-order valence-electron chi connectivity index (χ2n) is 7.17. The largest absolute Gasteiger partial charge is 0.573 e. The molecule has 34 heavy (non-hydrogen) atoms. The van der Waals surface area contributed by atoms with Crippen LogP contribution in [0.5, 0.6) is 5.75 Å². The van der Waals surface area contributed by atoms with Crippen molar-refractivity contribution in [2.45, 2.75) is 23.4 Å². The molecule has 3 aromatic carbocycles. The number of nitrogens with zero attached hydrogens (tertiary/aromatic N) is 2. The van der Waals surface area contributed by atoms with Crippen molar-refractivity contribution in [3.05, 3.63) is 96.2 Å². The molecule has 0 saturated heterocycles. The Hall–Kier alpha value is -3.40. The molecule has 1 aromatic heterocycles. The van der Waals surface area contributed by atoms with Crippen LogP contribution in [0.15, 0.2) is 90.2 Å². The molecule has 4 rings (SSSR count). The Balaban J connectivity index is 1.65. The lowest BCUT2D eigenvalue weighted by molar-refractivity contribution is -0.274. The van der Waals surface area contributed by atoms with Gasteiger partial charge in [0, 0.05) is 23.6 Å². The predicted octanol–water partition coefficient (Wildman–Crippen LogP) is 7.75. The predicted molar refractivity (Wildman–Crippen MR) is 117 cm³/mol. The molecule has 3 nitrogen and oxygen atoms in total. The van der Waals surface area contributed by atoms with Gasteiger partial charge < -0.3 is 4.74 Å². The minimum absolute atomic E-state index is 0.308. The van der Waals surface area contributed by atoms with Gasteiger partial charge in [-0.2, -0.15) is 13.2 Å². The van der Waals surface area contributed by atoms with Crippen molar-refractivity contribution in [1.29, 1.82) is 0 Å². The maximum atomic E-state index is 12.8. The molecule has 10 heteroatoms. The van der Waals surface area contributed by atoms with E-state index in [0.717, 1.165) is 17.7 Å². The molecule has 0 amide bonds. The fourth-order valence-electron chi connectivity index (χ4n) is 3.17. The Kier molecular flexibility index (Phi) is 6.60. The van der Waals surface area contributed by atoms with E-state index in [2.05, 4.69) is 9.72 Å². The molecule has 0 bridgehead atoms. The Morgan fingerprint density at radius 1 is 0.824 bits per heavy atom. The van der Waals surface area contributed by atoms with Crippen LogP contribution in [0.1, 0.15) is 11.1 Å². The highest BCUT2D eigenvalue weighted by Gasteiger charge is 2.31. The molecule has 0 aliphatic heterocycles. The maximum Gasteiger partial charge on any atom is 0.573 e. The zero-order valence-corrected chi connectivity index (χ0v) is 18.1. The number of alkyl halides is 6. The first-order chi connectivity index (χ1) is 16.1. The fraction of sp³-hybridized carbons (Fsp3) is 0.125. The lowest BCUT2D eigenvalue weighted by atomic mass is 10.1. The van der Waals surface area contributed by atoms with E-state index >= 15 is 0 Å². The lowest BCUT2D eigenvalue weighted by Gasteiger charge is -2.12. The van der Waals surface area contributed by atoms with Crippen molar-refractivity contribution in [2.75, 3.05) is 0 Å². The number of imidazole rings is 1. The van der Waals surface area contributed by atoms with Gasteiger partial charge in [0.25, 0.3) is 0 Å². The normalized spacial score (nSPS) is 12.1. The van der Waals surface area contributed by atoms with Crippen LogP contribution in [0.4, 0.5) is 26.3 Å². The summed E-state index contributed by atoms with van der Waals surface area (Å²) in [6.45, 7) is 0. The van der Waals surface area contributed by atoms with E-state index in [4.69, 9.17) is 0 Å². The van der Waals surface area contributed by atoms with Gasteiger partial charge in [-0.3, -0.25) is 4.57 Å². The first-order valence-corrected chi connectivity index (χ1v) is 10.9. The summed E-state index contributed by atoms with van der Waals surface area (Å²) in [5.74, 6) is -0.0686. The third-order valence-corrected chi connectivity index (χ3v) is 5.75. The molecule has 0 spiro atoms. The van der Waals surface area contributed by atoms with Crippen LogP contribution in [0.25, 0.3) is 16.9 Å². The first kappa shape index (κ1) is 23.7. The van der Waals surface area contributed by atoms with Crippen molar-refractivity contribution in [3.63, 3.8) is 0 Å². The number of halogens is 6. The van der Waals surface area contributed by atoms with Crippen molar-refractivity contribution in [3.8, 4) is 22.7 Å². The van der Waals surface area contributed by atoms with Crippen LogP contribution in [-0.4, -0.2) is 15.9 Å². The van der Waals surface area contributed by atoms with Crippen LogP contribution < -0.4 is 4.74 Å². The van der Waals surface area contributed by atoms with Crippen LogP contribution in [-0.2, 0) is 11.9 Å². The molecule has 0 atom stereocenters. The summed E-state index contributed by atoms with van der Waals surface area (Å²) in [5.41, 5.74) is 1.70. The van der Waals surface area contributed by atoms with Gasteiger partial charge in [0.15, 0.2) is 5.16 Å². The molecule has 0 radical (unpaired) electrons. The monoisotopic (exact) mass is 494 g/mol. The lowest BCUT2D eigenvalue weighted by Crippen LogP contribution is -2.17. The average Bonchev–Trinajstić information content (AvgIpc) is 3.21. The highest BCUT2D eigenvalue weighted by atomic mass is 32.2. The summed E-state index contributed by atoms with van der Waals surface area (Å²) in [6, 6.07) is 19.5. The summed E-state index contributed by atoms with van der Waals surface area (Å²) in [4.78, 5) is 4.62. The van der Waals surface area contributed by atoms with E-state index < -0.39 is 18.1 Å². The number of hydrogen-bond acceptors (Lipinski definition) is 3. The minimum atomic E-state index is -4.83. The highest BCUT2D eigenvalue weighted by Crippen LogP contribution is 2.33. The number of aromatic nitrogens is 2. The SMILES string of the molecule is FC(F)(F)Oc1cccc(-n2cc(-c3ccccc3)nc2SCc2ccc(C(F)(F)F)cc2)c1. The van der Waals surface area contributed by atoms with E-state index in [1.807, 2.05) is 30.3 Å². The van der Waals surface area contributed by atoms with Gasteiger partial charge in [0.2, 0.25) is 0 Å². The Bertz CT molecular complexity index is 1250. The van der Waals surface area contributed by atoms with Gasteiger partial charge in [0.05, 0.1) is 16.9 Å². The topological polar surface area (TPSA) is 27.1 Å². The van der Waals surface area contributed by atoms with Gasteiger partial charge in [-0.1, -0.05) is 60.3 Å². The van der Waals surface area contributed by atoms with Crippen molar-refractivity contribution in [1.82, 2.24) is 9.55 Å². The Labute approximate surface area is 195 Å². The van der Waals surface area contributed by atoms with Crippen LogP contribution in [0, 0.1) is 0 Å². The number of benzene rings is 3. The summed E-state index contributed by atoms with van der Waals surface area (Å²) in [5, 5.41) is 0.461. The molecule has 0 N–H and O–H groups in total. The van der Waals surface area contributed by atoms with E-state index in [-0.39, 0.29) is 5.75 Å². The molecule has 0 fully saturated rings. The van der Waals surface area contributed by atoms with Gasteiger partial charge in [0.1, 0.15) is 5.75 Å². The fourth-order valence-corrected chi connectivity index (χ4v) is 4.11. The molecular weight excluding hydrogens is 478 g/mol. The number of rotatable bonds is 6.